The Labute approximate surface area is 844 Å². The van der Waals surface area contributed by atoms with E-state index in [0.29, 0.717) is 133 Å². The van der Waals surface area contributed by atoms with E-state index in [2.05, 4.69) is 96.9 Å². The Kier molecular flexibility index (Phi) is 32.5. The predicted molar refractivity (Wildman–Crippen MR) is 570 cm³/mol. The summed E-state index contributed by atoms with van der Waals surface area (Å²) in [6, 6.07) is 0. The molecule has 0 aliphatic carbocycles. The number of hydrogen-bond donors (Lipinski definition) is 0. The van der Waals surface area contributed by atoms with Gasteiger partial charge in [0, 0.05) is 0 Å². The molecule has 12 aliphatic heterocycles. The first-order chi connectivity index (χ1) is 66.0. The minimum atomic E-state index is -7.00. The van der Waals surface area contributed by atoms with E-state index in [-0.39, 0.29) is 95.7 Å². The molecule has 0 N–H and O–H groups in total. The fourth-order valence-corrected chi connectivity index (χ4v) is 41.8. The Morgan fingerprint density at radius 1 is 0.241 bits per heavy atom. The summed E-state index contributed by atoms with van der Waals surface area (Å²) >= 11 is -19.9. The standard InChI is InChI=1S/C40H44N4O8.C36H44N4.C33H38N4.3CH4.6FH.3Sn/c1-21-25(9-13-37(45)49-5)33-18-31-23(3)26(10-14-38(46)50-6)34(43-31)19-32-24(4)28(12-16-40(48)52-8)36(44-32)20-35-27(11-15-39(47)51-7)22(2)30(42-35)17-29(21)41-33;1-9-21-22(10-2)30-18-32-25(13-5)26(14-6)34(39-32)20-36-28(16-8)27(15-7)35(40-36)19-33-24(12-4)23(11-3)31(38-33)17-29(21)37-30;1-9-21-18(6)26-14-30-22(10-2)19(7)28(35-30)16-32-24(12-4)25(13-5)33(37-32)17-31-23(11-3)20(8)27(36-31)15-29(21)34-26;;;;;;;;;;;;/h17-20H,9-16H2,1-8H3;17-20H,9-16H2,1-8H3;14-17H,9-13H2,1-8H3;3*1H4;6*1H;;;/q3*-2;;;;;;;;;;3*+4/p-6. The van der Waals surface area contributed by atoms with Crippen LogP contribution in [0.1, 0.15) is 317 Å². The molecule has 0 spiro atoms. The summed E-state index contributed by atoms with van der Waals surface area (Å²) in [6.45, 7) is 40.9. The van der Waals surface area contributed by atoms with Crippen LogP contribution in [0.4, 0.5) is 17.2 Å². The Balaban J connectivity index is 0.000000178. The zero-order chi connectivity index (χ0) is 99.4. The van der Waals surface area contributed by atoms with Crippen LogP contribution in [-0.2, 0) is 89.5 Å². The van der Waals surface area contributed by atoms with Gasteiger partial charge in [0.15, 0.2) is 0 Å². The number of halogens is 6. The van der Waals surface area contributed by atoms with Crippen molar-refractivity contribution < 1.29 is 55.3 Å². The van der Waals surface area contributed by atoms with E-state index in [1.54, 1.807) is 38.2 Å². The number of aromatic nitrogens is 6. The molecular weight excluding hydrogens is 2110 g/mol. The molecule has 29 heteroatoms. The SMILES string of the molecule is C.C.C.CCC1=C(C)C2=Cc3c(CC)c(C)c4[n]3[Sn]([F])([F])[n]3c(c(C)c(CC)c3=CC3=NC(=C4)C(CC)=C3CC)=CC1=N2.CCC1=C(CC)C2=NC1=Cc1c(CC)c(CC)c3[n]1[Sn]([F])([F])[n]1c(c(CC)c(CC)c1=CC1=NC(=C3)C(CC)=C1CC)=C2.COC(=O)CCC1=C(C)C2=NC1=Cc1c(C)c(CCC(=O)OC)c3[n]1[Sn]([F])([F])[n]1c(c(C)c(CCC(=O)OC)c1=CC1=NC(=C3)C(C)=C1CCC(=O)OC)=C2. The quantitative estimate of drug-likeness (QED) is 0.0232. The summed E-state index contributed by atoms with van der Waals surface area (Å²) in [5.41, 5.74) is 33.7. The van der Waals surface area contributed by atoms with Crippen LogP contribution >= 0.6 is 0 Å². The van der Waals surface area contributed by atoms with Crippen LogP contribution in [-0.4, -0.2) is 164 Å². The Hall–Kier alpha value is -10.3. The topological polar surface area (TPSA) is 209 Å². The van der Waals surface area contributed by atoms with Crippen molar-refractivity contribution >= 4 is 191 Å². The van der Waals surface area contributed by atoms with Crippen LogP contribution in [0.25, 0.3) is 72.9 Å². The molecule has 18 heterocycles. The molecule has 141 heavy (non-hydrogen) atoms. The summed E-state index contributed by atoms with van der Waals surface area (Å²) in [4.78, 5) is 80.3. The number of carbonyl (C=O) groups is 4. The van der Waals surface area contributed by atoms with Crippen molar-refractivity contribution in [2.45, 2.75) is 296 Å². The van der Waals surface area contributed by atoms with Crippen molar-refractivity contribution in [3.63, 3.8) is 0 Å². The van der Waals surface area contributed by atoms with Crippen molar-refractivity contribution in [3.8, 4) is 0 Å². The number of hydrogen-bond acceptors (Lipinski definition) is 14. The Morgan fingerprint density at radius 2 is 0.496 bits per heavy atom. The number of esters is 4. The molecule has 6 aromatic heterocycles. The van der Waals surface area contributed by atoms with Crippen molar-refractivity contribution in [2.75, 3.05) is 28.4 Å². The first kappa shape index (κ1) is 108. The van der Waals surface area contributed by atoms with E-state index >= 15 is 17.2 Å². The number of nitrogens with zero attached hydrogens (tertiary/aromatic N) is 12. The summed E-state index contributed by atoms with van der Waals surface area (Å²) in [5.74, 6) is -1.80. The molecule has 0 fully saturated rings. The third-order valence-corrected chi connectivity index (χ3v) is 47.5. The molecule has 0 atom stereocenters. The van der Waals surface area contributed by atoms with E-state index in [1.165, 1.54) is 78.6 Å². The summed E-state index contributed by atoms with van der Waals surface area (Å²) in [6.07, 6.45) is 33.0. The molecule has 18 bridgehead atoms. The Morgan fingerprint density at radius 3 is 0.879 bits per heavy atom. The molecule has 0 saturated carbocycles. The number of fused-ring (bicyclic) bond motifs is 6. The van der Waals surface area contributed by atoms with Gasteiger partial charge in [-0.15, -0.1) is 0 Å². The van der Waals surface area contributed by atoms with Crippen LogP contribution in [0.15, 0.2) is 131 Å². The fourth-order valence-electron chi connectivity index (χ4n) is 23.0. The third kappa shape index (κ3) is 17.9. The number of carbonyl (C=O) groups excluding carboxylic acids is 4. The normalized spacial score (nSPS) is 17.3. The molecule has 0 unspecified atom stereocenters. The zero-order valence-corrected chi connectivity index (χ0v) is 92.7. The number of allylic oxidation sites excluding steroid dienone is 12. The maximum atomic E-state index is 18.5. The molecule has 12 aliphatic rings. The predicted octanol–water partition coefficient (Wildman–Crippen LogP) is 21.1. The van der Waals surface area contributed by atoms with Crippen molar-refractivity contribution in [1.29, 1.82) is 0 Å². The number of rotatable bonds is 25. The van der Waals surface area contributed by atoms with Crippen LogP contribution in [0.5, 0.6) is 0 Å². The van der Waals surface area contributed by atoms with Crippen LogP contribution in [0, 0.1) is 27.7 Å². The Bertz CT molecular complexity index is 7310. The first-order valence-corrected chi connectivity index (χ1v) is 63.3. The third-order valence-electron chi connectivity index (χ3n) is 30.0. The number of ether oxygens (including phenoxy) is 4. The number of aliphatic imine (C=N–C) groups is 6. The van der Waals surface area contributed by atoms with Gasteiger partial charge in [-0.2, -0.15) is 0 Å². The number of methoxy groups -OCH3 is 4. The fraction of sp³-hybridized carbons (Fsp3) is 0.429. The summed E-state index contributed by atoms with van der Waals surface area (Å²) in [5, 5.41) is 3.00. The summed E-state index contributed by atoms with van der Waals surface area (Å²) in [7, 11) is 5.19. The molecule has 748 valence electrons. The molecular formula is C112H138F6N12O8Sn3. The zero-order valence-electron chi connectivity index (χ0n) is 84.2. The van der Waals surface area contributed by atoms with Crippen LogP contribution < -0.4 is 32.1 Å². The first-order valence-electron chi connectivity index (χ1n) is 49.2. The van der Waals surface area contributed by atoms with Gasteiger partial charge >= 0.3 is 829 Å². The van der Waals surface area contributed by atoms with Gasteiger partial charge in [-0.25, -0.2) is 0 Å². The van der Waals surface area contributed by atoms with Gasteiger partial charge in [0.2, 0.25) is 0 Å². The molecule has 0 amide bonds. The van der Waals surface area contributed by atoms with Crippen molar-refractivity contribution in [3.05, 3.63) is 234 Å². The van der Waals surface area contributed by atoms with Gasteiger partial charge in [0.1, 0.15) is 0 Å². The van der Waals surface area contributed by atoms with Crippen molar-refractivity contribution in [1.82, 2.24) is 16.7 Å². The second kappa shape index (κ2) is 42.5. The second-order valence-electron chi connectivity index (χ2n) is 36.6. The molecule has 18 rings (SSSR count). The van der Waals surface area contributed by atoms with Gasteiger partial charge in [0.25, 0.3) is 0 Å². The van der Waals surface area contributed by atoms with Gasteiger partial charge in [-0.1, -0.05) is 22.3 Å². The summed E-state index contributed by atoms with van der Waals surface area (Å²) < 4.78 is 137. The van der Waals surface area contributed by atoms with E-state index in [1.807, 2.05) is 76.3 Å². The van der Waals surface area contributed by atoms with E-state index in [4.69, 9.17) is 48.9 Å². The van der Waals surface area contributed by atoms with Crippen LogP contribution in [0.2, 0.25) is 0 Å². The maximum absolute atomic E-state index is 18.5. The molecule has 20 nitrogen and oxygen atoms in total. The van der Waals surface area contributed by atoms with Gasteiger partial charge in [0.05, 0.1) is 0 Å². The minimum absolute atomic E-state index is 0. The van der Waals surface area contributed by atoms with Gasteiger partial charge < -0.3 is 0 Å². The average molecular weight is 2250 g/mol. The van der Waals surface area contributed by atoms with Gasteiger partial charge in [-0.05, 0) is 0 Å². The molecule has 6 aromatic rings. The molecule has 0 radical (unpaired) electrons. The van der Waals surface area contributed by atoms with E-state index in [0.717, 1.165) is 163 Å². The van der Waals surface area contributed by atoms with Crippen molar-refractivity contribution in [2.24, 2.45) is 30.0 Å². The van der Waals surface area contributed by atoms with E-state index < -0.39 is 84.1 Å². The van der Waals surface area contributed by atoms with Gasteiger partial charge in [-0.3, -0.25) is 0 Å². The molecule has 0 aromatic carbocycles. The van der Waals surface area contributed by atoms with E-state index in [9.17, 15) is 19.2 Å². The van der Waals surface area contributed by atoms with Crippen LogP contribution in [0.3, 0.4) is 0 Å². The second-order valence-corrected chi connectivity index (χ2v) is 53.0. The molecule has 0 saturated heterocycles. The average Bonchev–Trinajstić information content (AvgIpc) is 1.55. The monoisotopic (exact) mass is 2250 g/mol.